The van der Waals surface area contributed by atoms with Crippen LogP contribution in [0.15, 0.2) is 53.4 Å². The number of carbonyl (C=O) groups excluding carboxylic acids is 1. The van der Waals surface area contributed by atoms with Crippen molar-refractivity contribution in [2.75, 3.05) is 18.4 Å². The Morgan fingerprint density at radius 3 is 2.21 bits per heavy atom. The predicted molar refractivity (Wildman–Crippen MR) is 104 cm³/mol. The standard InChI is InChI=1S/C18H20N6O3S/c1-3-24(4-2)28(26,27)16-11-9-15(10-12-16)19-18(25)14-7-5-13(6-8-14)17-20-22-23-21-17/h5-12H,3-4H2,1-2H3,(H,19,25)(H,20,21,22,23). The number of hydrogen-bond acceptors (Lipinski definition) is 6. The fraction of sp³-hybridized carbons (Fsp3) is 0.222. The first kappa shape index (κ1) is 19.6. The summed E-state index contributed by atoms with van der Waals surface area (Å²) in [4.78, 5) is 12.6. The van der Waals surface area contributed by atoms with Crippen LogP contribution in [0.2, 0.25) is 0 Å². The largest absolute Gasteiger partial charge is 0.322 e. The van der Waals surface area contributed by atoms with Gasteiger partial charge in [0.15, 0.2) is 0 Å². The highest BCUT2D eigenvalue weighted by molar-refractivity contribution is 7.89. The number of sulfonamides is 1. The normalized spacial score (nSPS) is 11.5. The Bertz CT molecular complexity index is 1030. The van der Waals surface area contributed by atoms with Crippen LogP contribution in [0.5, 0.6) is 0 Å². The fourth-order valence-electron chi connectivity index (χ4n) is 2.68. The van der Waals surface area contributed by atoms with Crippen molar-refractivity contribution in [1.82, 2.24) is 24.9 Å². The Hall–Kier alpha value is -3.11. The molecule has 0 bridgehead atoms. The van der Waals surface area contributed by atoms with Crippen molar-refractivity contribution >= 4 is 21.6 Å². The van der Waals surface area contributed by atoms with E-state index >= 15 is 0 Å². The zero-order valence-corrected chi connectivity index (χ0v) is 16.3. The van der Waals surface area contributed by atoms with E-state index in [4.69, 9.17) is 0 Å². The monoisotopic (exact) mass is 400 g/mol. The van der Waals surface area contributed by atoms with Crippen molar-refractivity contribution in [3.05, 3.63) is 54.1 Å². The molecular formula is C18H20N6O3S. The Balaban J connectivity index is 1.71. The van der Waals surface area contributed by atoms with E-state index in [0.717, 1.165) is 5.56 Å². The van der Waals surface area contributed by atoms with Gasteiger partial charge in [-0.2, -0.15) is 9.52 Å². The third-order valence-electron chi connectivity index (χ3n) is 4.21. The maximum Gasteiger partial charge on any atom is 0.255 e. The predicted octanol–water partition coefficient (Wildman–Crippen LogP) is 2.15. The highest BCUT2D eigenvalue weighted by Gasteiger charge is 2.21. The van der Waals surface area contributed by atoms with Gasteiger partial charge in [-0.05, 0) is 41.6 Å². The van der Waals surface area contributed by atoms with Crippen molar-refractivity contribution < 1.29 is 13.2 Å². The van der Waals surface area contributed by atoms with E-state index in [1.165, 1.54) is 16.4 Å². The first-order chi connectivity index (χ1) is 13.5. The van der Waals surface area contributed by atoms with Gasteiger partial charge >= 0.3 is 0 Å². The van der Waals surface area contributed by atoms with Crippen molar-refractivity contribution in [3.63, 3.8) is 0 Å². The molecule has 0 atom stereocenters. The Kier molecular flexibility index (Phi) is 5.81. The molecule has 0 fully saturated rings. The molecule has 0 aliphatic rings. The average molecular weight is 400 g/mol. The van der Waals surface area contributed by atoms with Crippen LogP contribution in [0.1, 0.15) is 24.2 Å². The number of H-pyrrole nitrogens is 1. The van der Waals surface area contributed by atoms with Crippen molar-refractivity contribution in [1.29, 1.82) is 0 Å². The van der Waals surface area contributed by atoms with Gasteiger partial charge in [0, 0.05) is 29.9 Å². The van der Waals surface area contributed by atoms with E-state index in [-0.39, 0.29) is 10.8 Å². The molecule has 0 saturated carbocycles. The van der Waals surface area contributed by atoms with Crippen LogP contribution in [-0.4, -0.2) is 52.3 Å². The molecule has 0 spiro atoms. The van der Waals surface area contributed by atoms with Gasteiger partial charge in [-0.3, -0.25) is 4.79 Å². The SMILES string of the molecule is CCN(CC)S(=O)(=O)c1ccc(NC(=O)c2ccc(-c3nn[nH]n3)cc2)cc1. The highest BCUT2D eigenvalue weighted by atomic mass is 32.2. The third-order valence-corrected chi connectivity index (χ3v) is 6.27. The quantitative estimate of drug-likeness (QED) is 0.627. The minimum absolute atomic E-state index is 0.193. The molecule has 10 heteroatoms. The molecule has 3 rings (SSSR count). The summed E-state index contributed by atoms with van der Waals surface area (Å²) in [5.41, 5.74) is 1.69. The molecule has 1 aromatic heterocycles. The van der Waals surface area contributed by atoms with Crippen LogP contribution in [-0.2, 0) is 10.0 Å². The number of amides is 1. The van der Waals surface area contributed by atoms with Crippen molar-refractivity contribution in [2.45, 2.75) is 18.7 Å². The summed E-state index contributed by atoms with van der Waals surface area (Å²) in [6, 6.07) is 12.9. The van der Waals surface area contributed by atoms with Gasteiger partial charge in [-0.15, -0.1) is 10.2 Å². The number of anilines is 1. The lowest BCUT2D eigenvalue weighted by atomic mass is 10.1. The summed E-state index contributed by atoms with van der Waals surface area (Å²) in [6.45, 7) is 4.38. The van der Waals surface area contributed by atoms with Gasteiger partial charge in [0.1, 0.15) is 0 Å². The molecule has 0 radical (unpaired) electrons. The molecule has 0 aliphatic heterocycles. The molecule has 1 amide bonds. The van der Waals surface area contributed by atoms with E-state index < -0.39 is 10.0 Å². The van der Waals surface area contributed by atoms with Crippen molar-refractivity contribution in [2.24, 2.45) is 0 Å². The number of aromatic amines is 1. The zero-order valence-electron chi connectivity index (χ0n) is 15.5. The topological polar surface area (TPSA) is 121 Å². The number of nitrogens with zero attached hydrogens (tertiary/aromatic N) is 4. The average Bonchev–Trinajstić information content (AvgIpc) is 3.24. The summed E-state index contributed by atoms with van der Waals surface area (Å²) in [6.07, 6.45) is 0. The number of nitrogens with one attached hydrogen (secondary N) is 2. The van der Waals surface area contributed by atoms with Crippen LogP contribution in [0.4, 0.5) is 5.69 Å². The molecule has 9 nitrogen and oxygen atoms in total. The van der Waals surface area contributed by atoms with Crippen LogP contribution >= 0.6 is 0 Å². The number of benzene rings is 2. The Morgan fingerprint density at radius 2 is 1.68 bits per heavy atom. The highest BCUT2D eigenvalue weighted by Crippen LogP contribution is 2.19. The summed E-state index contributed by atoms with van der Waals surface area (Å²) in [5.74, 6) is 0.135. The van der Waals surface area contributed by atoms with Crippen LogP contribution in [0.3, 0.4) is 0 Å². The number of hydrogen-bond donors (Lipinski definition) is 2. The number of tetrazole rings is 1. The molecule has 2 N–H and O–H groups in total. The zero-order chi connectivity index (χ0) is 20.1. The van der Waals surface area contributed by atoms with Crippen LogP contribution < -0.4 is 5.32 Å². The maximum absolute atomic E-state index is 12.5. The maximum atomic E-state index is 12.5. The molecule has 0 saturated heterocycles. The molecule has 0 aliphatic carbocycles. The van der Waals surface area contributed by atoms with E-state index in [0.29, 0.717) is 30.2 Å². The summed E-state index contributed by atoms with van der Waals surface area (Å²) < 4.78 is 26.4. The summed E-state index contributed by atoms with van der Waals surface area (Å²) >= 11 is 0. The first-order valence-electron chi connectivity index (χ1n) is 8.71. The molecule has 2 aromatic carbocycles. The van der Waals surface area contributed by atoms with E-state index in [2.05, 4.69) is 25.9 Å². The molecule has 3 aromatic rings. The second-order valence-electron chi connectivity index (χ2n) is 5.88. The third kappa shape index (κ3) is 4.07. The van der Waals surface area contributed by atoms with E-state index in [9.17, 15) is 13.2 Å². The van der Waals surface area contributed by atoms with Gasteiger partial charge < -0.3 is 5.32 Å². The van der Waals surface area contributed by atoms with Gasteiger partial charge in [0.05, 0.1) is 4.90 Å². The fourth-order valence-corrected chi connectivity index (χ4v) is 4.14. The lowest BCUT2D eigenvalue weighted by Gasteiger charge is -2.18. The Morgan fingerprint density at radius 1 is 1.04 bits per heavy atom. The lowest BCUT2D eigenvalue weighted by Crippen LogP contribution is -2.30. The summed E-state index contributed by atoms with van der Waals surface area (Å²) in [5, 5.41) is 16.4. The molecule has 28 heavy (non-hydrogen) atoms. The van der Waals surface area contributed by atoms with Gasteiger partial charge in [0.25, 0.3) is 5.91 Å². The molecular weight excluding hydrogens is 380 g/mol. The molecule has 0 unspecified atom stereocenters. The van der Waals surface area contributed by atoms with E-state index in [1.807, 2.05) is 0 Å². The minimum Gasteiger partial charge on any atom is -0.322 e. The van der Waals surface area contributed by atoms with Crippen molar-refractivity contribution in [3.8, 4) is 11.4 Å². The lowest BCUT2D eigenvalue weighted by molar-refractivity contribution is 0.102. The van der Waals surface area contributed by atoms with E-state index in [1.54, 1.807) is 50.2 Å². The number of aromatic nitrogens is 4. The summed E-state index contributed by atoms with van der Waals surface area (Å²) in [7, 11) is -3.52. The van der Waals surface area contributed by atoms with Gasteiger partial charge in [-0.25, -0.2) is 8.42 Å². The second-order valence-corrected chi connectivity index (χ2v) is 7.82. The molecule has 146 valence electrons. The molecule has 1 heterocycles. The second kappa shape index (κ2) is 8.28. The van der Waals surface area contributed by atoms with Gasteiger partial charge in [0.2, 0.25) is 15.8 Å². The number of carbonyl (C=O) groups is 1. The first-order valence-corrected chi connectivity index (χ1v) is 10.1. The van der Waals surface area contributed by atoms with Crippen LogP contribution in [0, 0.1) is 0 Å². The van der Waals surface area contributed by atoms with Crippen LogP contribution in [0.25, 0.3) is 11.4 Å². The smallest absolute Gasteiger partial charge is 0.255 e. The number of rotatable bonds is 7. The minimum atomic E-state index is -3.52. The van der Waals surface area contributed by atoms with Gasteiger partial charge in [-0.1, -0.05) is 26.0 Å². The Labute approximate surface area is 162 Å².